The zero-order valence-corrected chi connectivity index (χ0v) is 20.1. The fraction of sp³-hybridized carbons (Fsp3) is 0.375. The van der Waals surface area contributed by atoms with Crippen LogP contribution in [0.25, 0.3) is 33.3 Å². The zero-order chi connectivity index (χ0) is 23.9. The van der Waals surface area contributed by atoms with Crippen LogP contribution in [0.15, 0.2) is 35.3 Å². The molecule has 0 spiro atoms. The Balaban J connectivity index is 1.20. The summed E-state index contributed by atoms with van der Waals surface area (Å²) in [5.41, 5.74) is 11.9. The topological polar surface area (TPSA) is 128 Å². The molecule has 11 heteroatoms. The second-order valence-corrected chi connectivity index (χ2v) is 10.1. The average Bonchev–Trinajstić information content (AvgIpc) is 3.25. The molecule has 3 unspecified atom stereocenters. The van der Waals surface area contributed by atoms with Gasteiger partial charge < -0.3 is 15.2 Å². The molecule has 1 aromatic carbocycles. The van der Waals surface area contributed by atoms with Crippen LogP contribution in [0.1, 0.15) is 17.7 Å². The van der Waals surface area contributed by atoms with Crippen molar-refractivity contribution in [3.63, 3.8) is 0 Å². The normalized spacial score (nSPS) is 23.8. The van der Waals surface area contributed by atoms with Crippen LogP contribution in [0.5, 0.6) is 0 Å². The van der Waals surface area contributed by atoms with Gasteiger partial charge >= 0.3 is 0 Å². The minimum atomic E-state index is -0.105. The van der Waals surface area contributed by atoms with E-state index in [-0.39, 0.29) is 5.41 Å². The van der Waals surface area contributed by atoms with E-state index in [2.05, 4.69) is 25.4 Å². The fourth-order valence-electron chi connectivity index (χ4n) is 6.17. The quantitative estimate of drug-likeness (QED) is 0.394. The van der Waals surface area contributed by atoms with E-state index in [0.717, 1.165) is 53.1 Å². The molecule has 3 N–H and O–H groups in total. The summed E-state index contributed by atoms with van der Waals surface area (Å²) < 4.78 is 7.00. The van der Waals surface area contributed by atoms with Crippen molar-refractivity contribution in [2.24, 2.45) is 24.6 Å². The molecule has 0 bridgehead atoms. The Morgan fingerprint density at radius 1 is 1.31 bits per heavy atom. The molecule has 0 radical (unpaired) electrons. The predicted octanol–water partition coefficient (Wildman–Crippen LogP) is 3.21. The third kappa shape index (κ3) is 2.83. The van der Waals surface area contributed by atoms with Gasteiger partial charge in [0, 0.05) is 54.8 Å². The monoisotopic (exact) mass is 489 g/mol. The van der Waals surface area contributed by atoms with Crippen molar-refractivity contribution < 1.29 is 4.52 Å². The maximum absolute atomic E-state index is 6.73. The van der Waals surface area contributed by atoms with Crippen LogP contribution >= 0.6 is 11.6 Å². The lowest BCUT2D eigenvalue weighted by Gasteiger charge is -2.26. The Labute approximate surface area is 205 Å². The van der Waals surface area contributed by atoms with E-state index in [1.54, 1.807) is 10.9 Å². The molecule has 5 aromatic rings. The summed E-state index contributed by atoms with van der Waals surface area (Å²) in [5.74, 6) is 1.77. The van der Waals surface area contributed by atoms with E-state index in [1.807, 2.05) is 38.5 Å². The molecule has 5 heterocycles. The smallest absolute Gasteiger partial charge is 0.177 e. The maximum Gasteiger partial charge on any atom is 0.177 e. The number of aromatic amines is 1. The number of hydrogen-bond donors (Lipinski definition) is 2. The van der Waals surface area contributed by atoms with Gasteiger partial charge in [0.15, 0.2) is 5.65 Å². The van der Waals surface area contributed by atoms with Crippen molar-refractivity contribution in [3.8, 4) is 11.3 Å². The Hall–Kier alpha value is -3.50. The first-order valence-corrected chi connectivity index (χ1v) is 12.1. The molecule has 178 valence electrons. The number of anilines is 1. The Kier molecular flexibility index (Phi) is 4.32. The molecule has 3 atom stereocenters. The highest BCUT2D eigenvalue weighted by Crippen LogP contribution is 2.63. The zero-order valence-electron chi connectivity index (χ0n) is 19.4. The van der Waals surface area contributed by atoms with Gasteiger partial charge in [0.05, 0.1) is 22.4 Å². The number of benzene rings is 1. The van der Waals surface area contributed by atoms with E-state index in [1.165, 1.54) is 0 Å². The number of halogens is 1. The first-order valence-electron chi connectivity index (χ1n) is 11.7. The van der Waals surface area contributed by atoms with Crippen LogP contribution in [0.3, 0.4) is 0 Å². The Morgan fingerprint density at radius 2 is 2.20 bits per heavy atom. The van der Waals surface area contributed by atoms with Crippen molar-refractivity contribution in [3.05, 3.63) is 47.1 Å². The number of nitrogens with one attached hydrogen (secondary N) is 1. The van der Waals surface area contributed by atoms with Crippen LogP contribution in [0.4, 0.5) is 5.82 Å². The molecule has 10 nitrogen and oxygen atoms in total. The standard InChI is InChI=1S/C24H24ClN9O/c1-12-10-35-32-22(12)24(11-26)15-5-6-34(9-16(15)24)18-7-27-21-20(29-30-23(21)28-18)13-3-4-17-14(19(13)25)8-33(2)31-17/h3-4,7-8,10,15-16H,5-6,9,11,26H2,1-2H3,(H,28,29,30). The highest BCUT2D eigenvalue weighted by atomic mass is 35.5. The third-order valence-corrected chi connectivity index (χ3v) is 8.33. The van der Waals surface area contributed by atoms with Gasteiger partial charge in [-0.3, -0.25) is 9.78 Å². The van der Waals surface area contributed by atoms with E-state index in [0.29, 0.717) is 40.3 Å². The molecular formula is C24H24ClN9O. The number of hydrogen-bond acceptors (Lipinski definition) is 8. The first kappa shape index (κ1) is 20.8. The van der Waals surface area contributed by atoms with Gasteiger partial charge in [-0.2, -0.15) is 10.2 Å². The van der Waals surface area contributed by atoms with Crippen LogP contribution in [0.2, 0.25) is 5.02 Å². The molecule has 1 saturated heterocycles. The van der Waals surface area contributed by atoms with Crippen molar-refractivity contribution in [2.45, 2.75) is 18.8 Å². The molecule has 0 amide bonds. The van der Waals surface area contributed by atoms with Crippen molar-refractivity contribution in [1.29, 1.82) is 0 Å². The molecular weight excluding hydrogens is 466 g/mol. The van der Waals surface area contributed by atoms with E-state index >= 15 is 0 Å². The summed E-state index contributed by atoms with van der Waals surface area (Å²) in [6.45, 7) is 4.36. The number of nitrogens with two attached hydrogens (primary N) is 1. The molecule has 2 fully saturated rings. The van der Waals surface area contributed by atoms with Gasteiger partial charge in [-0.05, 0) is 37.3 Å². The SMILES string of the molecule is Cc1conc1C1(CN)C2CCN(c3cnc4c(-c5ccc6nn(C)cc6c5Cl)n[nH]c4n3)CC21. The number of nitrogens with zero attached hydrogens (tertiary/aromatic N) is 7. The minimum absolute atomic E-state index is 0.105. The lowest BCUT2D eigenvalue weighted by atomic mass is 9.94. The number of H-pyrrole nitrogens is 1. The molecule has 35 heavy (non-hydrogen) atoms. The summed E-state index contributed by atoms with van der Waals surface area (Å²) in [6, 6.07) is 3.87. The minimum Gasteiger partial charge on any atom is -0.364 e. The largest absolute Gasteiger partial charge is 0.364 e. The molecule has 2 aliphatic rings. The first-order chi connectivity index (χ1) is 17.0. The number of aryl methyl sites for hydroxylation is 2. The lowest BCUT2D eigenvalue weighted by molar-refractivity contribution is 0.397. The third-order valence-electron chi connectivity index (χ3n) is 7.93. The van der Waals surface area contributed by atoms with Crippen molar-refractivity contribution in [2.75, 3.05) is 24.5 Å². The highest BCUT2D eigenvalue weighted by Gasteiger charge is 2.67. The number of piperidine rings is 1. The molecule has 1 saturated carbocycles. The van der Waals surface area contributed by atoms with Gasteiger partial charge in [0.25, 0.3) is 0 Å². The fourth-order valence-corrected chi connectivity index (χ4v) is 6.47. The Bertz CT molecular complexity index is 1600. The van der Waals surface area contributed by atoms with Gasteiger partial charge in [-0.15, -0.1) is 0 Å². The predicted molar refractivity (Wildman–Crippen MR) is 132 cm³/mol. The number of fused-ring (bicyclic) bond motifs is 3. The van der Waals surface area contributed by atoms with Gasteiger partial charge in [0.2, 0.25) is 0 Å². The summed E-state index contributed by atoms with van der Waals surface area (Å²) in [5, 5.41) is 17.8. The van der Waals surface area contributed by atoms with Gasteiger partial charge in [-0.25, -0.2) is 9.97 Å². The van der Waals surface area contributed by atoms with Gasteiger partial charge in [-0.1, -0.05) is 16.8 Å². The van der Waals surface area contributed by atoms with Crippen LogP contribution in [0, 0.1) is 18.8 Å². The molecule has 1 aliphatic carbocycles. The summed E-state index contributed by atoms with van der Waals surface area (Å²) >= 11 is 6.73. The molecule has 4 aromatic heterocycles. The molecule has 1 aliphatic heterocycles. The molecule has 7 rings (SSSR count). The summed E-state index contributed by atoms with van der Waals surface area (Å²) in [7, 11) is 1.88. The van der Waals surface area contributed by atoms with E-state index in [4.69, 9.17) is 31.8 Å². The maximum atomic E-state index is 6.73. The number of rotatable bonds is 4. The van der Waals surface area contributed by atoms with E-state index < -0.39 is 0 Å². The van der Waals surface area contributed by atoms with Crippen LogP contribution in [-0.4, -0.2) is 54.7 Å². The van der Waals surface area contributed by atoms with Crippen molar-refractivity contribution in [1.82, 2.24) is 35.1 Å². The second kappa shape index (κ2) is 7.25. The van der Waals surface area contributed by atoms with Crippen LogP contribution < -0.4 is 10.6 Å². The Morgan fingerprint density at radius 3 is 3.00 bits per heavy atom. The average molecular weight is 490 g/mol. The number of aromatic nitrogens is 7. The lowest BCUT2D eigenvalue weighted by Crippen LogP contribution is -2.32. The van der Waals surface area contributed by atoms with Crippen molar-refractivity contribution >= 4 is 39.5 Å². The van der Waals surface area contributed by atoms with Gasteiger partial charge in [0.1, 0.15) is 23.3 Å². The second-order valence-electron chi connectivity index (χ2n) is 9.70. The van der Waals surface area contributed by atoms with E-state index in [9.17, 15) is 0 Å². The summed E-state index contributed by atoms with van der Waals surface area (Å²) in [6.07, 6.45) is 6.47. The van der Waals surface area contributed by atoms with Crippen LogP contribution in [-0.2, 0) is 12.5 Å². The summed E-state index contributed by atoms with van der Waals surface area (Å²) in [4.78, 5) is 11.9. The highest BCUT2D eigenvalue weighted by molar-refractivity contribution is 6.38.